The van der Waals surface area contributed by atoms with Crippen LogP contribution in [0.15, 0.2) is 24.0 Å². The van der Waals surface area contributed by atoms with Crippen LogP contribution in [0, 0.1) is 12.3 Å². The molecule has 1 nitrogen and oxygen atoms in total. The van der Waals surface area contributed by atoms with Crippen LogP contribution >= 0.6 is 0 Å². The van der Waals surface area contributed by atoms with Crippen LogP contribution in [-0.4, -0.2) is 7.11 Å². The van der Waals surface area contributed by atoms with Crippen molar-refractivity contribution in [3.05, 3.63) is 24.0 Å². The molecule has 0 amide bonds. The second kappa shape index (κ2) is 3.80. The molecule has 0 atom stereocenters. The van der Waals surface area contributed by atoms with Crippen LogP contribution in [0.2, 0.25) is 0 Å². The highest BCUT2D eigenvalue weighted by molar-refractivity contribution is 5.38. The van der Waals surface area contributed by atoms with Crippen molar-refractivity contribution in [3.8, 4) is 12.3 Å². The minimum Gasteiger partial charge on any atom is -0.496 e. The van der Waals surface area contributed by atoms with Gasteiger partial charge in [-0.25, -0.2) is 0 Å². The monoisotopic (exact) mass is 122 g/mol. The van der Waals surface area contributed by atoms with Crippen molar-refractivity contribution < 1.29 is 4.74 Å². The van der Waals surface area contributed by atoms with Gasteiger partial charge in [-0.05, 0) is 6.92 Å². The molecule has 0 aliphatic rings. The molecule has 0 aliphatic heterocycles. The summed E-state index contributed by atoms with van der Waals surface area (Å²) < 4.78 is 4.79. The van der Waals surface area contributed by atoms with Crippen LogP contribution in [0.3, 0.4) is 0 Å². The summed E-state index contributed by atoms with van der Waals surface area (Å²) in [5.41, 5.74) is 0.706. The van der Waals surface area contributed by atoms with Crippen LogP contribution in [-0.2, 0) is 4.74 Å². The van der Waals surface area contributed by atoms with Crippen molar-refractivity contribution in [3.63, 3.8) is 0 Å². The third kappa shape index (κ3) is 2.05. The normalized spacial score (nSPS) is 10.1. The summed E-state index contributed by atoms with van der Waals surface area (Å²) in [5.74, 6) is 2.98. The van der Waals surface area contributed by atoms with E-state index in [0.29, 0.717) is 11.3 Å². The predicted octanol–water partition coefficient (Wildman–Crippen LogP) is 1.73. The fourth-order valence-electron chi connectivity index (χ4n) is 0.435. The Labute approximate surface area is 56.0 Å². The van der Waals surface area contributed by atoms with Gasteiger partial charge in [0.25, 0.3) is 0 Å². The van der Waals surface area contributed by atoms with Gasteiger partial charge in [-0.1, -0.05) is 18.6 Å². The van der Waals surface area contributed by atoms with E-state index in [1.807, 2.05) is 6.92 Å². The molecular weight excluding hydrogens is 112 g/mol. The highest BCUT2D eigenvalue weighted by Gasteiger charge is 1.93. The number of methoxy groups -OCH3 is 1. The summed E-state index contributed by atoms with van der Waals surface area (Å²) in [6.07, 6.45) is 6.88. The van der Waals surface area contributed by atoms with Crippen LogP contribution in [0.1, 0.15) is 6.92 Å². The summed E-state index contributed by atoms with van der Waals surface area (Å²) >= 11 is 0. The Morgan fingerprint density at radius 2 is 2.33 bits per heavy atom. The Balaban J connectivity index is 4.19. The first-order valence-corrected chi connectivity index (χ1v) is 2.62. The van der Waals surface area contributed by atoms with Gasteiger partial charge < -0.3 is 4.74 Å². The van der Waals surface area contributed by atoms with E-state index >= 15 is 0 Å². The average Bonchev–Trinajstić information content (AvgIpc) is 1.90. The molecule has 0 bridgehead atoms. The quantitative estimate of drug-likeness (QED) is 0.308. The van der Waals surface area contributed by atoms with E-state index in [0.717, 1.165) is 0 Å². The Hall–Kier alpha value is -1.16. The molecule has 0 rings (SSSR count). The minimum absolute atomic E-state index is 0.542. The Morgan fingerprint density at radius 3 is 2.44 bits per heavy atom. The minimum atomic E-state index is 0.542. The Morgan fingerprint density at radius 1 is 1.78 bits per heavy atom. The summed E-state index contributed by atoms with van der Waals surface area (Å²) in [4.78, 5) is 0. The number of allylic oxidation sites excluding steroid dienone is 2. The van der Waals surface area contributed by atoms with E-state index < -0.39 is 0 Å². The molecule has 0 saturated heterocycles. The van der Waals surface area contributed by atoms with E-state index in [4.69, 9.17) is 11.2 Å². The topological polar surface area (TPSA) is 9.23 Å². The molecule has 0 aromatic rings. The fourth-order valence-corrected chi connectivity index (χ4v) is 0.435. The maximum absolute atomic E-state index is 5.10. The van der Waals surface area contributed by atoms with E-state index in [1.165, 1.54) is 0 Å². The molecule has 0 aromatic heterocycles. The van der Waals surface area contributed by atoms with Crippen LogP contribution in [0.4, 0.5) is 0 Å². The highest BCUT2D eigenvalue weighted by atomic mass is 16.5. The molecule has 0 fully saturated rings. The molecule has 0 unspecified atom stereocenters. The average molecular weight is 122 g/mol. The van der Waals surface area contributed by atoms with Gasteiger partial charge in [-0.15, -0.1) is 6.42 Å². The number of rotatable bonds is 2. The molecule has 0 saturated carbocycles. The fraction of sp³-hybridized carbons (Fsp3) is 0.250. The van der Waals surface area contributed by atoms with Gasteiger partial charge in [0.05, 0.1) is 12.7 Å². The van der Waals surface area contributed by atoms with E-state index in [-0.39, 0.29) is 0 Å². The first-order chi connectivity index (χ1) is 4.26. The van der Waals surface area contributed by atoms with E-state index in [2.05, 4.69) is 12.5 Å². The smallest absolute Gasteiger partial charge is 0.126 e. The molecule has 0 aliphatic carbocycles. The molecule has 0 radical (unpaired) electrons. The zero-order valence-electron chi connectivity index (χ0n) is 5.77. The van der Waals surface area contributed by atoms with Crippen molar-refractivity contribution in [1.82, 2.24) is 0 Å². The Bertz CT molecular complexity index is 169. The molecule has 9 heavy (non-hydrogen) atoms. The summed E-state index contributed by atoms with van der Waals surface area (Å²) in [6.45, 7) is 5.43. The summed E-state index contributed by atoms with van der Waals surface area (Å²) in [7, 11) is 1.54. The van der Waals surface area contributed by atoms with Gasteiger partial charge in [0.1, 0.15) is 5.76 Å². The summed E-state index contributed by atoms with van der Waals surface area (Å²) in [5, 5.41) is 0. The molecule has 0 aromatic carbocycles. The lowest BCUT2D eigenvalue weighted by atomic mass is 10.2. The van der Waals surface area contributed by atoms with Crippen molar-refractivity contribution in [2.75, 3.05) is 7.11 Å². The number of ether oxygens (including phenoxy) is 1. The third-order valence-electron chi connectivity index (χ3n) is 0.991. The molecule has 0 spiro atoms. The van der Waals surface area contributed by atoms with E-state index in [1.54, 1.807) is 13.2 Å². The maximum Gasteiger partial charge on any atom is 0.126 e. The Kier molecular flexibility index (Phi) is 3.31. The SMILES string of the molecule is C#C/C(=C/C)C(=C)OC. The van der Waals surface area contributed by atoms with Gasteiger partial charge in [0.15, 0.2) is 0 Å². The highest BCUT2D eigenvalue weighted by Crippen LogP contribution is 2.04. The lowest BCUT2D eigenvalue weighted by Gasteiger charge is -2.00. The van der Waals surface area contributed by atoms with Crippen LogP contribution in [0.5, 0.6) is 0 Å². The predicted molar refractivity (Wildman–Crippen MR) is 38.7 cm³/mol. The third-order valence-corrected chi connectivity index (χ3v) is 0.991. The van der Waals surface area contributed by atoms with E-state index in [9.17, 15) is 0 Å². The number of hydrogen-bond acceptors (Lipinski definition) is 1. The lowest BCUT2D eigenvalue weighted by molar-refractivity contribution is 0.305. The zero-order chi connectivity index (χ0) is 7.28. The molecule has 0 N–H and O–H groups in total. The van der Waals surface area contributed by atoms with Gasteiger partial charge in [-0.3, -0.25) is 0 Å². The molecule has 1 heteroatoms. The van der Waals surface area contributed by atoms with Gasteiger partial charge in [0.2, 0.25) is 0 Å². The second-order valence-corrected chi connectivity index (χ2v) is 1.47. The van der Waals surface area contributed by atoms with Crippen LogP contribution in [0.25, 0.3) is 0 Å². The zero-order valence-corrected chi connectivity index (χ0v) is 5.77. The first-order valence-electron chi connectivity index (χ1n) is 2.62. The maximum atomic E-state index is 5.10. The van der Waals surface area contributed by atoms with Crippen LogP contribution < -0.4 is 0 Å². The van der Waals surface area contributed by atoms with Crippen molar-refractivity contribution in [2.24, 2.45) is 0 Å². The van der Waals surface area contributed by atoms with Crippen molar-refractivity contribution in [2.45, 2.75) is 6.92 Å². The number of terminal acetylenes is 1. The second-order valence-electron chi connectivity index (χ2n) is 1.47. The van der Waals surface area contributed by atoms with Crippen molar-refractivity contribution in [1.29, 1.82) is 0 Å². The largest absolute Gasteiger partial charge is 0.496 e. The van der Waals surface area contributed by atoms with Crippen molar-refractivity contribution >= 4 is 0 Å². The molecular formula is C8H10O. The summed E-state index contributed by atoms with van der Waals surface area (Å²) in [6, 6.07) is 0. The lowest BCUT2D eigenvalue weighted by Crippen LogP contribution is -1.86. The molecule has 48 valence electrons. The number of hydrogen-bond donors (Lipinski definition) is 0. The standard InChI is InChI=1S/C8H10O/c1-5-8(6-2)7(3)9-4/h1,6H,3H2,2,4H3/b8-6-. The van der Waals surface area contributed by atoms with Gasteiger partial charge >= 0.3 is 0 Å². The van der Waals surface area contributed by atoms with Gasteiger partial charge in [0, 0.05) is 0 Å². The molecule has 0 heterocycles. The first kappa shape index (κ1) is 7.84. The van der Waals surface area contributed by atoms with Gasteiger partial charge in [-0.2, -0.15) is 0 Å².